The van der Waals surface area contributed by atoms with E-state index in [-0.39, 0.29) is 6.04 Å². The van der Waals surface area contributed by atoms with E-state index in [0.717, 1.165) is 23.5 Å². The predicted molar refractivity (Wildman–Crippen MR) is 88.3 cm³/mol. The molecule has 1 aliphatic carbocycles. The van der Waals surface area contributed by atoms with Gasteiger partial charge in [-0.3, -0.25) is 0 Å². The van der Waals surface area contributed by atoms with Crippen molar-refractivity contribution in [2.24, 2.45) is 5.73 Å². The van der Waals surface area contributed by atoms with Crippen molar-refractivity contribution in [2.45, 2.75) is 18.9 Å². The molecule has 0 spiro atoms. The first kappa shape index (κ1) is 12.9. The summed E-state index contributed by atoms with van der Waals surface area (Å²) >= 11 is 1.66. The fraction of sp³-hybridized carbons (Fsp3) is 0.222. The summed E-state index contributed by atoms with van der Waals surface area (Å²) in [4.78, 5) is 1.09. The molecule has 0 bridgehead atoms. The summed E-state index contributed by atoms with van der Waals surface area (Å²) in [7, 11) is 1.70. The molecule has 21 heavy (non-hydrogen) atoms. The Morgan fingerprint density at radius 1 is 1.10 bits per heavy atom. The van der Waals surface area contributed by atoms with Gasteiger partial charge in [-0.25, -0.2) is 0 Å². The van der Waals surface area contributed by atoms with Crippen LogP contribution in [0.25, 0.3) is 10.8 Å². The highest BCUT2D eigenvalue weighted by molar-refractivity contribution is 7.10. The molecule has 1 heterocycles. The SMILES string of the molecule is COc1ccsc1C(N)c1ccc2c3c(cccc13)CC2. The summed E-state index contributed by atoms with van der Waals surface area (Å²) in [5.41, 5.74) is 10.7. The smallest absolute Gasteiger partial charge is 0.134 e. The van der Waals surface area contributed by atoms with Gasteiger partial charge < -0.3 is 10.5 Å². The van der Waals surface area contributed by atoms with E-state index in [9.17, 15) is 0 Å². The molecule has 1 aromatic heterocycles. The molecule has 106 valence electrons. The van der Waals surface area contributed by atoms with E-state index in [1.54, 1.807) is 18.4 Å². The summed E-state index contributed by atoms with van der Waals surface area (Å²) in [6.07, 6.45) is 2.29. The second-order valence-corrected chi connectivity index (χ2v) is 6.43. The van der Waals surface area contributed by atoms with Crippen molar-refractivity contribution in [3.05, 3.63) is 63.3 Å². The number of benzene rings is 2. The number of hydrogen-bond donors (Lipinski definition) is 1. The monoisotopic (exact) mass is 295 g/mol. The van der Waals surface area contributed by atoms with Crippen molar-refractivity contribution in [1.82, 2.24) is 0 Å². The van der Waals surface area contributed by atoms with Gasteiger partial charge in [0.05, 0.1) is 18.0 Å². The first-order chi connectivity index (χ1) is 10.3. The number of aryl methyl sites for hydroxylation is 2. The molecule has 2 nitrogen and oxygen atoms in total. The van der Waals surface area contributed by atoms with Crippen LogP contribution in [-0.4, -0.2) is 7.11 Å². The van der Waals surface area contributed by atoms with Gasteiger partial charge in [0.15, 0.2) is 0 Å². The molecular formula is C18H17NOS. The quantitative estimate of drug-likeness (QED) is 0.791. The average Bonchev–Trinajstić information content (AvgIpc) is 3.15. The van der Waals surface area contributed by atoms with Crippen LogP contribution in [0.15, 0.2) is 41.8 Å². The third-order valence-corrected chi connectivity index (χ3v) is 5.39. The third kappa shape index (κ3) is 1.88. The Morgan fingerprint density at radius 3 is 2.71 bits per heavy atom. The Morgan fingerprint density at radius 2 is 1.90 bits per heavy atom. The van der Waals surface area contributed by atoms with Crippen LogP contribution in [0, 0.1) is 0 Å². The lowest BCUT2D eigenvalue weighted by Crippen LogP contribution is -2.12. The molecular weight excluding hydrogens is 278 g/mol. The molecule has 2 aromatic carbocycles. The van der Waals surface area contributed by atoms with E-state index in [1.807, 2.05) is 11.4 Å². The zero-order valence-corrected chi connectivity index (χ0v) is 12.7. The Bertz CT molecular complexity index is 811. The van der Waals surface area contributed by atoms with E-state index in [0.29, 0.717) is 0 Å². The van der Waals surface area contributed by atoms with E-state index in [2.05, 4.69) is 30.3 Å². The Labute approximate surface area is 128 Å². The van der Waals surface area contributed by atoms with E-state index in [4.69, 9.17) is 10.5 Å². The normalized spacial score (nSPS) is 14.6. The Kier molecular flexibility index (Phi) is 2.98. The van der Waals surface area contributed by atoms with Gasteiger partial charge in [-0.2, -0.15) is 0 Å². The van der Waals surface area contributed by atoms with E-state index in [1.165, 1.54) is 27.5 Å². The van der Waals surface area contributed by atoms with Gasteiger partial charge in [0.1, 0.15) is 5.75 Å². The van der Waals surface area contributed by atoms with Crippen molar-refractivity contribution in [3.63, 3.8) is 0 Å². The molecule has 1 atom stereocenters. The van der Waals surface area contributed by atoms with Crippen LogP contribution in [0.4, 0.5) is 0 Å². The first-order valence-electron chi connectivity index (χ1n) is 7.20. The highest BCUT2D eigenvalue weighted by Crippen LogP contribution is 2.39. The van der Waals surface area contributed by atoms with E-state index < -0.39 is 0 Å². The molecule has 3 heteroatoms. The van der Waals surface area contributed by atoms with Gasteiger partial charge in [0, 0.05) is 0 Å². The lowest BCUT2D eigenvalue weighted by Gasteiger charge is -2.16. The van der Waals surface area contributed by atoms with Gasteiger partial charge in [0.25, 0.3) is 0 Å². The minimum Gasteiger partial charge on any atom is -0.496 e. The number of rotatable bonds is 3. The van der Waals surface area contributed by atoms with Gasteiger partial charge in [-0.15, -0.1) is 11.3 Å². The molecule has 4 rings (SSSR count). The molecule has 1 unspecified atom stereocenters. The highest BCUT2D eigenvalue weighted by atomic mass is 32.1. The zero-order valence-electron chi connectivity index (χ0n) is 11.9. The van der Waals surface area contributed by atoms with Gasteiger partial charge in [-0.05, 0) is 51.8 Å². The predicted octanol–water partition coefficient (Wildman–Crippen LogP) is 4.06. The molecule has 0 amide bonds. The summed E-state index contributed by atoms with van der Waals surface area (Å²) in [5.74, 6) is 0.885. The fourth-order valence-corrected chi connectivity index (χ4v) is 4.27. The maximum Gasteiger partial charge on any atom is 0.134 e. The Balaban J connectivity index is 1.92. The van der Waals surface area contributed by atoms with Crippen molar-refractivity contribution in [3.8, 4) is 5.75 Å². The molecule has 0 aliphatic heterocycles. The molecule has 0 fully saturated rings. The molecule has 2 N–H and O–H groups in total. The number of ether oxygens (including phenoxy) is 1. The molecule has 0 saturated heterocycles. The Hall–Kier alpha value is -1.84. The number of hydrogen-bond acceptors (Lipinski definition) is 3. The first-order valence-corrected chi connectivity index (χ1v) is 8.08. The standard InChI is InChI=1S/C18H17NOS/c1-20-15-9-10-21-18(15)17(19)14-8-7-12-6-5-11-3-2-4-13(14)16(11)12/h2-4,7-10,17H,5-6,19H2,1H3. The topological polar surface area (TPSA) is 35.2 Å². The summed E-state index contributed by atoms with van der Waals surface area (Å²) in [6.45, 7) is 0. The second-order valence-electron chi connectivity index (χ2n) is 5.48. The van der Waals surface area contributed by atoms with Crippen LogP contribution in [0.1, 0.15) is 27.6 Å². The lowest BCUT2D eigenvalue weighted by molar-refractivity contribution is 0.411. The largest absolute Gasteiger partial charge is 0.496 e. The van der Waals surface area contributed by atoms with E-state index >= 15 is 0 Å². The molecule has 3 aromatic rings. The minimum atomic E-state index is -0.134. The summed E-state index contributed by atoms with van der Waals surface area (Å²) in [6, 6.07) is 12.9. The summed E-state index contributed by atoms with van der Waals surface area (Å²) in [5, 5.41) is 4.75. The highest BCUT2D eigenvalue weighted by Gasteiger charge is 2.21. The lowest BCUT2D eigenvalue weighted by atomic mass is 9.95. The van der Waals surface area contributed by atoms with Gasteiger partial charge >= 0.3 is 0 Å². The molecule has 0 saturated carbocycles. The van der Waals surface area contributed by atoms with Crippen molar-refractivity contribution < 1.29 is 4.74 Å². The number of nitrogens with two attached hydrogens (primary N) is 1. The average molecular weight is 295 g/mol. The van der Waals surface area contributed by atoms with Gasteiger partial charge in [-0.1, -0.05) is 30.3 Å². The second kappa shape index (κ2) is 4.86. The van der Waals surface area contributed by atoms with Crippen LogP contribution < -0.4 is 10.5 Å². The van der Waals surface area contributed by atoms with Gasteiger partial charge in [0.2, 0.25) is 0 Å². The maximum atomic E-state index is 6.55. The molecule has 1 aliphatic rings. The molecule has 0 radical (unpaired) electrons. The van der Waals surface area contributed by atoms with Crippen LogP contribution in [0.3, 0.4) is 0 Å². The number of methoxy groups -OCH3 is 1. The summed E-state index contributed by atoms with van der Waals surface area (Å²) < 4.78 is 5.43. The minimum absolute atomic E-state index is 0.134. The number of thiophene rings is 1. The van der Waals surface area contributed by atoms with Crippen molar-refractivity contribution in [2.75, 3.05) is 7.11 Å². The van der Waals surface area contributed by atoms with Crippen molar-refractivity contribution in [1.29, 1.82) is 0 Å². The van der Waals surface area contributed by atoms with Crippen LogP contribution in [0.5, 0.6) is 5.75 Å². The third-order valence-electron chi connectivity index (χ3n) is 4.41. The fourth-order valence-electron chi connectivity index (χ4n) is 3.39. The zero-order chi connectivity index (χ0) is 14.4. The van der Waals surface area contributed by atoms with Crippen LogP contribution in [-0.2, 0) is 12.8 Å². The van der Waals surface area contributed by atoms with Crippen molar-refractivity contribution >= 4 is 22.1 Å². The van der Waals surface area contributed by atoms with Crippen LogP contribution >= 0.6 is 11.3 Å². The van der Waals surface area contributed by atoms with Crippen LogP contribution in [0.2, 0.25) is 0 Å². The maximum absolute atomic E-state index is 6.55.